The number of benzene rings is 4. The molecule has 0 saturated carbocycles. The third-order valence-corrected chi connectivity index (χ3v) is 7.54. The van der Waals surface area contributed by atoms with E-state index in [1.54, 1.807) is 9.80 Å². The molecule has 0 aromatic heterocycles. The van der Waals surface area contributed by atoms with Gasteiger partial charge in [-0.1, -0.05) is 87.2 Å². The highest BCUT2D eigenvalue weighted by atomic mass is 16.2. The summed E-state index contributed by atoms with van der Waals surface area (Å²) in [6.07, 6.45) is 0.850. The van der Waals surface area contributed by atoms with Gasteiger partial charge < -0.3 is 10.2 Å². The van der Waals surface area contributed by atoms with Crippen molar-refractivity contribution in [1.29, 1.82) is 0 Å². The zero-order valence-electron chi connectivity index (χ0n) is 22.1. The van der Waals surface area contributed by atoms with Gasteiger partial charge in [-0.3, -0.25) is 14.5 Å². The van der Waals surface area contributed by atoms with Crippen LogP contribution in [-0.2, 0) is 16.1 Å². The van der Waals surface area contributed by atoms with Gasteiger partial charge in [-0.2, -0.15) is 0 Å². The zero-order valence-corrected chi connectivity index (χ0v) is 22.1. The van der Waals surface area contributed by atoms with Crippen molar-refractivity contribution < 1.29 is 9.59 Å². The molecule has 192 valence electrons. The molecule has 5 rings (SSSR count). The van der Waals surface area contributed by atoms with Gasteiger partial charge in [0.2, 0.25) is 0 Å². The maximum atomic E-state index is 14.4. The van der Waals surface area contributed by atoms with E-state index >= 15 is 0 Å². The van der Waals surface area contributed by atoms with Crippen LogP contribution in [0.15, 0.2) is 103 Å². The molecule has 2 amide bonds. The summed E-state index contributed by atoms with van der Waals surface area (Å²) in [6, 6.07) is 28.4. The first-order chi connectivity index (χ1) is 18.4. The average molecular weight is 504 g/mol. The summed E-state index contributed by atoms with van der Waals surface area (Å²) in [5, 5.41) is 5.45. The Kier molecular flexibility index (Phi) is 7.01. The lowest BCUT2D eigenvalue weighted by atomic mass is 9.98. The van der Waals surface area contributed by atoms with Crippen LogP contribution < -0.4 is 15.1 Å². The molecule has 0 bridgehead atoms. The van der Waals surface area contributed by atoms with E-state index < -0.39 is 6.04 Å². The fourth-order valence-electron chi connectivity index (χ4n) is 5.03. The van der Waals surface area contributed by atoms with Crippen LogP contribution in [0.5, 0.6) is 0 Å². The Balaban J connectivity index is 1.69. The number of amides is 2. The maximum Gasteiger partial charge on any atom is 0.263 e. The number of carbonyl (C=O) groups excluding carboxylic acids is 2. The van der Waals surface area contributed by atoms with Crippen molar-refractivity contribution in [3.63, 3.8) is 0 Å². The third-order valence-electron chi connectivity index (χ3n) is 7.54. The molecule has 5 heteroatoms. The lowest BCUT2D eigenvalue weighted by Crippen LogP contribution is -2.53. The minimum Gasteiger partial charge on any atom is -0.370 e. The number of nitrogens with zero attached hydrogens (tertiary/aromatic N) is 2. The normalized spacial score (nSPS) is 16.2. The quantitative estimate of drug-likeness (QED) is 0.280. The number of fused-ring (bicyclic) bond motifs is 2. The molecule has 1 N–H and O–H groups in total. The van der Waals surface area contributed by atoms with E-state index in [0.29, 0.717) is 29.3 Å². The second kappa shape index (κ2) is 10.5. The van der Waals surface area contributed by atoms with Gasteiger partial charge >= 0.3 is 0 Å². The van der Waals surface area contributed by atoms with Crippen LogP contribution in [0.3, 0.4) is 0 Å². The number of anilines is 3. The van der Waals surface area contributed by atoms with E-state index in [4.69, 9.17) is 0 Å². The van der Waals surface area contributed by atoms with Crippen LogP contribution in [-0.4, -0.2) is 17.9 Å². The highest BCUT2D eigenvalue weighted by Crippen LogP contribution is 2.39. The Morgan fingerprint density at radius 2 is 1.53 bits per heavy atom. The summed E-state index contributed by atoms with van der Waals surface area (Å²) in [5.74, 6) is -0.506. The molecule has 38 heavy (non-hydrogen) atoms. The zero-order chi connectivity index (χ0) is 26.8. The number of carbonyl (C=O) groups is 2. The first-order valence-electron chi connectivity index (χ1n) is 13.1. The molecule has 2 atom stereocenters. The van der Waals surface area contributed by atoms with Crippen molar-refractivity contribution in [1.82, 2.24) is 5.32 Å². The predicted octanol–water partition coefficient (Wildman–Crippen LogP) is 6.88. The van der Waals surface area contributed by atoms with Crippen LogP contribution in [0.1, 0.15) is 31.4 Å². The summed E-state index contributed by atoms with van der Waals surface area (Å²) < 4.78 is 0. The molecule has 1 aliphatic rings. The van der Waals surface area contributed by atoms with Crippen LogP contribution in [0.2, 0.25) is 0 Å². The molecule has 5 nitrogen and oxygen atoms in total. The molecule has 1 unspecified atom stereocenters. The Labute approximate surface area is 224 Å². The van der Waals surface area contributed by atoms with Gasteiger partial charge in [0.1, 0.15) is 0 Å². The van der Waals surface area contributed by atoms with Gasteiger partial charge in [0.25, 0.3) is 11.8 Å². The molecular weight excluding hydrogens is 470 g/mol. The van der Waals surface area contributed by atoms with Crippen LogP contribution >= 0.6 is 0 Å². The fraction of sp³-hybridized carbons (Fsp3) is 0.212. The fourth-order valence-corrected chi connectivity index (χ4v) is 5.03. The Morgan fingerprint density at radius 3 is 2.26 bits per heavy atom. The summed E-state index contributed by atoms with van der Waals surface area (Å²) in [5.41, 5.74) is 4.92. The van der Waals surface area contributed by atoms with Gasteiger partial charge in [-0.05, 0) is 65.4 Å². The Morgan fingerprint density at radius 1 is 0.868 bits per heavy atom. The second-order valence-corrected chi connectivity index (χ2v) is 9.92. The lowest BCUT2D eigenvalue weighted by molar-refractivity contribution is -0.128. The van der Waals surface area contributed by atoms with Crippen LogP contribution in [0.25, 0.3) is 10.8 Å². The van der Waals surface area contributed by atoms with Gasteiger partial charge in [0.05, 0.1) is 17.9 Å². The van der Waals surface area contributed by atoms with Crippen LogP contribution in [0, 0.1) is 12.8 Å². The second-order valence-electron chi connectivity index (χ2n) is 9.92. The highest BCUT2D eigenvalue weighted by Gasteiger charge is 2.41. The third kappa shape index (κ3) is 4.56. The van der Waals surface area contributed by atoms with Gasteiger partial charge in [0.15, 0.2) is 6.04 Å². The first-order valence-corrected chi connectivity index (χ1v) is 13.1. The Bertz CT molecular complexity index is 1510. The van der Waals surface area contributed by atoms with E-state index in [2.05, 4.69) is 50.0 Å². The molecular formula is C33H33N3O2. The molecule has 0 fully saturated rings. The molecule has 4 aromatic carbocycles. The molecule has 0 spiro atoms. The van der Waals surface area contributed by atoms with Crippen molar-refractivity contribution in [3.8, 4) is 0 Å². The molecule has 0 radical (unpaired) electrons. The van der Waals surface area contributed by atoms with Crippen molar-refractivity contribution >= 4 is 39.6 Å². The largest absolute Gasteiger partial charge is 0.370 e. The monoisotopic (exact) mass is 503 g/mol. The number of para-hydroxylation sites is 3. The van der Waals surface area contributed by atoms with Gasteiger partial charge in [-0.25, -0.2) is 0 Å². The number of hydrogen-bond donors (Lipinski definition) is 1. The summed E-state index contributed by atoms with van der Waals surface area (Å²) in [7, 11) is 0. The van der Waals surface area contributed by atoms with Crippen molar-refractivity contribution in [2.24, 2.45) is 5.92 Å². The Hall–Kier alpha value is -4.38. The van der Waals surface area contributed by atoms with E-state index in [0.717, 1.165) is 28.3 Å². The minimum absolute atomic E-state index is 0.111. The summed E-state index contributed by atoms with van der Waals surface area (Å²) in [6.45, 7) is 10.7. The molecule has 4 aromatic rings. The number of rotatable bonds is 7. The van der Waals surface area contributed by atoms with Crippen LogP contribution in [0.4, 0.5) is 17.1 Å². The summed E-state index contributed by atoms with van der Waals surface area (Å²) in [4.78, 5) is 32.0. The lowest BCUT2D eigenvalue weighted by Gasteiger charge is -2.28. The predicted molar refractivity (Wildman–Crippen MR) is 155 cm³/mol. The average Bonchev–Trinajstić information content (AvgIpc) is 3.03. The number of aryl methyl sites for hydroxylation is 1. The summed E-state index contributed by atoms with van der Waals surface area (Å²) >= 11 is 0. The van der Waals surface area contributed by atoms with Gasteiger partial charge in [0, 0.05) is 11.4 Å². The van der Waals surface area contributed by atoms with E-state index in [1.807, 2.05) is 73.7 Å². The molecule has 0 aliphatic carbocycles. The smallest absolute Gasteiger partial charge is 0.263 e. The van der Waals surface area contributed by atoms with E-state index in [1.165, 1.54) is 0 Å². The SMILES string of the molecule is C=C(NC1C(=O)N(Cc2c(C)ccc3ccccc23)c2ccccc2N(c2ccccc2)C1=O)[C@@H](C)CC. The standard InChI is InChI=1S/C33H33N3O2/c1-5-22(2)24(4)34-31-32(37)35(21-28-23(3)19-20-25-13-9-10-16-27(25)28)29-17-11-12-18-30(29)36(33(31)38)26-14-7-6-8-15-26/h6-20,22,31,34H,4-5,21H2,1-3H3/t22-,31?/m0/s1. The number of nitrogens with one attached hydrogen (secondary N) is 1. The van der Waals surface area contributed by atoms with E-state index in [-0.39, 0.29) is 17.7 Å². The highest BCUT2D eigenvalue weighted by molar-refractivity contribution is 6.22. The number of allylic oxidation sites excluding steroid dienone is 1. The molecule has 1 heterocycles. The molecule has 0 saturated heterocycles. The van der Waals surface area contributed by atoms with Crippen molar-refractivity contribution in [2.45, 2.75) is 39.8 Å². The topological polar surface area (TPSA) is 52.7 Å². The van der Waals surface area contributed by atoms with Crippen molar-refractivity contribution in [3.05, 3.63) is 114 Å². The molecule has 1 aliphatic heterocycles. The number of hydrogen-bond acceptors (Lipinski definition) is 3. The van der Waals surface area contributed by atoms with E-state index in [9.17, 15) is 9.59 Å². The van der Waals surface area contributed by atoms with Crippen molar-refractivity contribution in [2.75, 3.05) is 9.80 Å². The minimum atomic E-state index is -1.11. The maximum absolute atomic E-state index is 14.4. The van der Waals surface area contributed by atoms with Gasteiger partial charge in [-0.15, -0.1) is 0 Å². The first kappa shape index (κ1) is 25.3.